The minimum Gasteiger partial charge on any atom is -0.496 e. The van der Waals surface area contributed by atoms with Gasteiger partial charge in [0, 0.05) is 24.6 Å². The predicted molar refractivity (Wildman–Crippen MR) is 239 cm³/mol. The Morgan fingerprint density at radius 1 is 1.11 bits per heavy atom. The summed E-state index contributed by atoms with van der Waals surface area (Å²) in [6.07, 6.45) is 2.23. The normalized spacial score (nSPS) is 22.1. The maximum atomic E-state index is 14.8. The molecule has 4 aromatic rings. The first-order valence-electron chi connectivity index (χ1n) is 20.5. The first-order chi connectivity index (χ1) is 29.3. The van der Waals surface area contributed by atoms with Gasteiger partial charge in [0.05, 0.1) is 39.3 Å². The Hall–Kier alpha value is -4.79. The van der Waals surface area contributed by atoms with Crippen molar-refractivity contribution in [1.29, 1.82) is 0 Å². The summed E-state index contributed by atoms with van der Waals surface area (Å²) >= 11 is 4.89. The number of aliphatic hydroxyl groups is 1. The van der Waals surface area contributed by atoms with Gasteiger partial charge in [-0.25, -0.2) is 23.2 Å². The van der Waals surface area contributed by atoms with E-state index in [4.69, 9.17) is 23.6 Å². The SMILES string of the molecule is C=CC1CC1(NC(=O)C1CC(Oc2cc(-c3cnc(C(C)(C)O)s3)nc3c2oc2ccc(OC)c(Br)c23)CN1C(=O)C(NC(=O)OC(C)(C)C)C(C)(C)C)C(=O)NS(=O)(=O)C1CC1. The zero-order valence-electron chi connectivity index (χ0n) is 36.6. The van der Waals surface area contributed by atoms with Gasteiger partial charge in [0.25, 0.3) is 5.91 Å². The Kier molecular flexibility index (Phi) is 12.0. The number of carbonyl (C=O) groups excluding carboxylic acids is 4. The molecule has 340 valence electrons. The van der Waals surface area contributed by atoms with Crippen LogP contribution < -0.4 is 24.8 Å². The van der Waals surface area contributed by atoms with Gasteiger partial charge in [-0.3, -0.25) is 19.1 Å². The quantitative estimate of drug-likeness (QED) is 0.112. The fourth-order valence-corrected chi connectivity index (χ4v) is 10.5. The maximum absolute atomic E-state index is 14.8. The van der Waals surface area contributed by atoms with Gasteiger partial charge >= 0.3 is 6.09 Å². The molecule has 4 amide bonds. The number of rotatable bonds is 13. The van der Waals surface area contributed by atoms with Gasteiger partial charge in [-0.1, -0.05) is 26.8 Å². The average molecular weight is 974 g/mol. The molecule has 0 radical (unpaired) electrons. The second-order valence-corrected chi connectivity index (χ2v) is 22.7. The molecule has 1 aromatic carbocycles. The fraction of sp³-hybridized carbons (Fsp3) is 0.535. The Balaban J connectivity index is 1.28. The zero-order chi connectivity index (χ0) is 46.2. The lowest BCUT2D eigenvalue weighted by molar-refractivity contribution is -0.143. The van der Waals surface area contributed by atoms with Crippen LogP contribution in [-0.2, 0) is 34.7 Å². The number of thiazole rings is 1. The number of aromatic nitrogens is 2. The van der Waals surface area contributed by atoms with Crippen LogP contribution in [0.25, 0.3) is 32.6 Å². The number of alkyl carbamates (subject to hydrolysis) is 1. The number of hydrogen-bond donors (Lipinski definition) is 4. The van der Waals surface area contributed by atoms with Crippen molar-refractivity contribution in [2.45, 2.75) is 121 Å². The summed E-state index contributed by atoms with van der Waals surface area (Å²) in [5.41, 5.74) is -3.03. The first kappa shape index (κ1) is 46.2. The molecule has 3 aliphatic rings. The van der Waals surface area contributed by atoms with E-state index < -0.39 is 85.3 Å². The Bertz CT molecular complexity index is 2620. The van der Waals surface area contributed by atoms with Crippen molar-refractivity contribution < 1.29 is 51.3 Å². The Labute approximate surface area is 377 Å². The van der Waals surface area contributed by atoms with Gasteiger partial charge in [0.2, 0.25) is 21.8 Å². The van der Waals surface area contributed by atoms with E-state index in [1.165, 1.54) is 29.4 Å². The minimum atomic E-state index is -3.96. The van der Waals surface area contributed by atoms with Crippen molar-refractivity contribution in [3.05, 3.63) is 46.5 Å². The molecule has 3 aromatic heterocycles. The number of ether oxygens (including phenoxy) is 3. The number of fused-ring (bicyclic) bond motifs is 3. The van der Waals surface area contributed by atoms with Crippen molar-refractivity contribution in [2.24, 2.45) is 11.3 Å². The number of nitrogens with zero attached hydrogens (tertiary/aromatic N) is 3. The second-order valence-electron chi connectivity index (χ2n) is 18.9. The van der Waals surface area contributed by atoms with E-state index in [1.807, 2.05) is 0 Å². The highest BCUT2D eigenvalue weighted by Gasteiger charge is 2.62. The van der Waals surface area contributed by atoms with E-state index in [9.17, 15) is 32.7 Å². The zero-order valence-corrected chi connectivity index (χ0v) is 39.8. The topological polar surface area (TPSA) is 229 Å². The molecule has 5 atom stereocenters. The van der Waals surface area contributed by atoms with E-state index in [0.717, 1.165) is 0 Å². The summed E-state index contributed by atoms with van der Waals surface area (Å²) in [6, 6.07) is 2.69. The molecular weight excluding hydrogens is 921 g/mol. The molecule has 7 rings (SSSR count). The maximum Gasteiger partial charge on any atom is 0.408 e. The number of carbonyl (C=O) groups is 4. The third-order valence-corrected chi connectivity index (χ3v) is 15.1. The second kappa shape index (κ2) is 16.3. The number of hydrogen-bond acceptors (Lipinski definition) is 14. The number of likely N-dealkylation sites (tertiary alicyclic amines) is 1. The predicted octanol–water partition coefficient (Wildman–Crippen LogP) is 6.06. The molecule has 20 heteroatoms. The molecule has 4 N–H and O–H groups in total. The van der Waals surface area contributed by atoms with Crippen molar-refractivity contribution in [3.8, 4) is 22.1 Å². The van der Waals surface area contributed by atoms with Crippen LogP contribution >= 0.6 is 27.3 Å². The van der Waals surface area contributed by atoms with Crippen LogP contribution in [0.4, 0.5) is 4.79 Å². The largest absolute Gasteiger partial charge is 0.496 e. The first-order valence-corrected chi connectivity index (χ1v) is 23.7. The molecule has 2 saturated carbocycles. The highest BCUT2D eigenvalue weighted by Crippen LogP contribution is 2.47. The van der Waals surface area contributed by atoms with Gasteiger partial charge in [-0.15, -0.1) is 17.9 Å². The average Bonchev–Trinajstić information content (AvgIpc) is 3.99. The van der Waals surface area contributed by atoms with Crippen molar-refractivity contribution >= 4 is 83.2 Å². The highest BCUT2D eigenvalue weighted by molar-refractivity contribution is 9.10. The number of halogens is 1. The van der Waals surface area contributed by atoms with Crippen LogP contribution in [0, 0.1) is 11.3 Å². The van der Waals surface area contributed by atoms with Crippen molar-refractivity contribution in [2.75, 3.05) is 13.7 Å². The van der Waals surface area contributed by atoms with E-state index in [2.05, 4.69) is 42.8 Å². The Morgan fingerprint density at radius 3 is 2.38 bits per heavy atom. The van der Waals surface area contributed by atoms with E-state index in [0.29, 0.717) is 55.1 Å². The molecule has 4 heterocycles. The molecule has 1 aliphatic heterocycles. The van der Waals surface area contributed by atoms with Crippen molar-refractivity contribution in [3.63, 3.8) is 0 Å². The number of nitrogens with one attached hydrogen (secondary N) is 3. The molecule has 63 heavy (non-hydrogen) atoms. The van der Waals surface area contributed by atoms with E-state index >= 15 is 0 Å². The number of methoxy groups -OCH3 is 1. The number of amides is 4. The molecule has 3 fully saturated rings. The molecule has 2 aliphatic carbocycles. The summed E-state index contributed by atoms with van der Waals surface area (Å²) in [5.74, 6) is -2.06. The van der Waals surface area contributed by atoms with E-state index in [1.54, 1.807) is 79.8 Å². The molecule has 17 nitrogen and oxygen atoms in total. The number of sulfonamides is 1. The van der Waals surface area contributed by atoms with Gasteiger partial charge in [0.15, 0.2) is 11.3 Å². The van der Waals surface area contributed by atoms with Crippen LogP contribution in [0.3, 0.4) is 0 Å². The summed E-state index contributed by atoms with van der Waals surface area (Å²) in [4.78, 5) is 67.6. The van der Waals surface area contributed by atoms with Gasteiger partial charge in [-0.05, 0) is 87.4 Å². The van der Waals surface area contributed by atoms with Crippen LogP contribution in [0.2, 0.25) is 0 Å². The van der Waals surface area contributed by atoms with Crippen LogP contribution in [0.1, 0.15) is 86.1 Å². The van der Waals surface area contributed by atoms with Gasteiger partial charge in [0.1, 0.15) is 56.8 Å². The lowest BCUT2D eigenvalue weighted by atomic mass is 9.85. The Morgan fingerprint density at radius 2 is 1.81 bits per heavy atom. The highest BCUT2D eigenvalue weighted by atomic mass is 79.9. The standard InChI is InChI=1S/C43H53BrN6O11S2/c1-11-21-18-43(21,37(53)49-63(56,57)23-12-13-23)48-35(51)25-16-22(20-50(25)36(52)34(40(2,3)4)47-39(54)61-41(5,6)7)59-28-17-24(29-19-45-38(62-29)42(8,9)55)46-32-30-26(60-33(28)32)14-15-27(58-10)31(30)44/h11,14-15,17,19,21-23,25,34,55H,1,12-13,16,18,20H2,2-10H3,(H,47,54)(H,48,51)(H,49,53). The number of pyridine rings is 1. The minimum absolute atomic E-state index is 0.0853. The molecule has 5 unspecified atom stereocenters. The number of furan rings is 1. The monoisotopic (exact) mass is 972 g/mol. The van der Waals surface area contributed by atoms with Crippen LogP contribution in [0.5, 0.6) is 11.5 Å². The summed E-state index contributed by atoms with van der Waals surface area (Å²) in [6.45, 7) is 17.3. The fourth-order valence-electron chi connectivity index (χ4n) is 7.59. The third-order valence-electron chi connectivity index (χ3n) is 11.1. The van der Waals surface area contributed by atoms with Gasteiger partial charge in [-0.2, -0.15) is 0 Å². The van der Waals surface area contributed by atoms with Crippen LogP contribution in [-0.4, -0.2) is 100 Å². The van der Waals surface area contributed by atoms with E-state index in [-0.39, 0.29) is 30.7 Å². The van der Waals surface area contributed by atoms with Gasteiger partial charge < -0.3 is 39.3 Å². The van der Waals surface area contributed by atoms with Crippen molar-refractivity contribution in [1.82, 2.24) is 30.2 Å². The molecule has 0 bridgehead atoms. The smallest absolute Gasteiger partial charge is 0.408 e. The summed E-state index contributed by atoms with van der Waals surface area (Å²) in [5, 5.41) is 16.6. The molecule has 0 spiro atoms. The summed E-state index contributed by atoms with van der Waals surface area (Å²) in [7, 11) is -2.42. The molecular formula is C43H53BrN6O11S2. The number of benzene rings is 1. The summed E-state index contributed by atoms with van der Waals surface area (Å²) < 4.78 is 52.7. The lowest BCUT2D eigenvalue weighted by Gasteiger charge is -2.36. The third kappa shape index (κ3) is 9.40. The molecule has 1 saturated heterocycles. The lowest BCUT2D eigenvalue weighted by Crippen LogP contribution is -2.60. The van der Waals surface area contributed by atoms with Crippen LogP contribution in [0.15, 0.2) is 45.9 Å².